The number of carboxylic acid groups (broad SMARTS) is 1. The molecule has 0 unspecified atom stereocenters. The highest BCUT2D eigenvalue weighted by atomic mass is 19.3. The van der Waals surface area contributed by atoms with Crippen molar-refractivity contribution in [2.24, 2.45) is 0 Å². The van der Waals surface area contributed by atoms with Crippen LogP contribution in [0.25, 0.3) is 11.3 Å². The Bertz CT molecular complexity index is 578. The van der Waals surface area contributed by atoms with E-state index in [4.69, 9.17) is 5.11 Å². The van der Waals surface area contributed by atoms with Crippen LogP contribution in [0.15, 0.2) is 28.7 Å². The lowest BCUT2D eigenvalue weighted by Gasteiger charge is -1.96. The molecule has 18 heavy (non-hydrogen) atoms. The molecule has 0 amide bonds. The summed E-state index contributed by atoms with van der Waals surface area (Å²) in [6, 6.07) is 4.60. The monoisotopic (exact) mass is 257 g/mol. The molecule has 0 saturated carbocycles. The first kappa shape index (κ1) is 12.2. The normalized spacial score (nSPS) is 10.9. The minimum Gasteiger partial charge on any atom is -0.475 e. The third-order valence-corrected chi connectivity index (χ3v) is 2.14. The quantitative estimate of drug-likeness (QED) is 0.917. The maximum Gasteiger partial charge on any atom is 0.374 e. The molecule has 0 fully saturated rings. The first-order chi connectivity index (χ1) is 8.49. The van der Waals surface area contributed by atoms with Gasteiger partial charge in [0.2, 0.25) is 5.76 Å². The first-order valence-corrected chi connectivity index (χ1v) is 4.77. The van der Waals surface area contributed by atoms with Crippen LogP contribution in [0.4, 0.5) is 13.2 Å². The third kappa shape index (κ3) is 2.20. The molecule has 2 aromatic rings. The third-order valence-electron chi connectivity index (χ3n) is 2.14. The van der Waals surface area contributed by atoms with Gasteiger partial charge in [0.1, 0.15) is 11.5 Å². The van der Waals surface area contributed by atoms with Crippen LogP contribution < -0.4 is 0 Å². The number of benzene rings is 1. The van der Waals surface area contributed by atoms with Gasteiger partial charge < -0.3 is 9.52 Å². The molecule has 0 saturated heterocycles. The van der Waals surface area contributed by atoms with Gasteiger partial charge in [0.15, 0.2) is 0 Å². The largest absolute Gasteiger partial charge is 0.475 e. The molecular weight excluding hydrogens is 251 g/mol. The molecule has 0 spiro atoms. The predicted octanol–water partition coefficient (Wildman–Crippen LogP) is 3.12. The van der Waals surface area contributed by atoms with E-state index in [1.54, 1.807) is 0 Å². The van der Waals surface area contributed by atoms with Gasteiger partial charge in [-0.3, -0.25) is 0 Å². The lowest BCUT2D eigenvalue weighted by Crippen LogP contribution is -1.96. The SMILES string of the molecule is O=C(O)c1oc(C(F)F)nc1-c1ccc(F)cc1. The van der Waals surface area contributed by atoms with Crippen molar-refractivity contribution in [3.63, 3.8) is 0 Å². The van der Waals surface area contributed by atoms with E-state index in [9.17, 15) is 18.0 Å². The summed E-state index contributed by atoms with van der Waals surface area (Å²) < 4.78 is 42.0. The molecule has 0 radical (unpaired) electrons. The van der Waals surface area contributed by atoms with Crippen molar-refractivity contribution in [1.82, 2.24) is 4.98 Å². The summed E-state index contributed by atoms with van der Waals surface area (Å²) in [6.07, 6.45) is -3.02. The van der Waals surface area contributed by atoms with E-state index in [0.717, 1.165) is 12.1 Å². The van der Waals surface area contributed by atoms with Gasteiger partial charge >= 0.3 is 12.4 Å². The van der Waals surface area contributed by atoms with Gasteiger partial charge in [-0.05, 0) is 24.3 Å². The molecule has 0 bridgehead atoms. The highest BCUT2D eigenvalue weighted by Gasteiger charge is 2.25. The van der Waals surface area contributed by atoms with Crippen LogP contribution in [0, 0.1) is 5.82 Å². The van der Waals surface area contributed by atoms with Gasteiger partial charge in [0, 0.05) is 5.56 Å². The number of aromatic nitrogens is 1. The second-order valence-corrected chi connectivity index (χ2v) is 3.34. The fourth-order valence-electron chi connectivity index (χ4n) is 1.38. The maximum absolute atomic E-state index is 12.7. The van der Waals surface area contributed by atoms with E-state index in [2.05, 4.69) is 9.40 Å². The van der Waals surface area contributed by atoms with Crippen LogP contribution in [0.1, 0.15) is 22.9 Å². The highest BCUT2D eigenvalue weighted by molar-refractivity contribution is 5.91. The van der Waals surface area contributed by atoms with Crippen molar-refractivity contribution in [3.8, 4) is 11.3 Å². The van der Waals surface area contributed by atoms with Crippen LogP contribution in [0.2, 0.25) is 0 Å². The van der Waals surface area contributed by atoms with E-state index >= 15 is 0 Å². The minimum atomic E-state index is -3.02. The summed E-state index contributed by atoms with van der Waals surface area (Å²) in [5.41, 5.74) is -0.0674. The summed E-state index contributed by atoms with van der Waals surface area (Å²) in [5.74, 6) is -3.73. The van der Waals surface area contributed by atoms with E-state index in [0.29, 0.717) is 0 Å². The number of rotatable bonds is 3. The Balaban J connectivity index is 2.55. The number of halogens is 3. The summed E-state index contributed by atoms with van der Waals surface area (Å²) >= 11 is 0. The predicted molar refractivity (Wildman–Crippen MR) is 53.8 cm³/mol. The van der Waals surface area contributed by atoms with Gasteiger partial charge in [0.05, 0.1) is 0 Å². The molecule has 0 aliphatic heterocycles. The van der Waals surface area contributed by atoms with Crippen molar-refractivity contribution < 1.29 is 27.5 Å². The zero-order valence-electron chi connectivity index (χ0n) is 8.73. The van der Waals surface area contributed by atoms with Crippen LogP contribution in [0.5, 0.6) is 0 Å². The van der Waals surface area contributed by atoms with Gasteiger partial charge in [0.25, 0.3) is 5.89 Å². The van der Waals surface area contributed by atoms with Crippen LogP contribution in [-0.2, 0) is 0 Å². The molecule has 7 heteroatoms. The van der Waals surface area contributed by atoms with Gasteiger partial charge in [-0.2, -0.15) is 8.78 Å². The molecule has 0 atom stereocenters. The topological polar surface area (TPSA) is 63.3 Å². The van der Waals surface area contributed by atoms with Gasteiger partial charge in [-0.15, -0.1) is 0 Å². The lowest BCUT2D eigenvalue weighted by molar-refractivity contribution is 0.0643. The molecule has 1 heterocycles. The van der Waals surface area contributed by atoms with E-state index < -0.39 is 29.9 Å². The average Bonchev–Trinajstić information content (AvgIpc) is 2.75. The van der Waals surface area contributed by atoms with E-state index in [1.807, 2.05) is 0 Å². The van der Waals surface area contributed by atoms with Crippen molar-refractivity contribution in [2.45, 2.75) is 6.43 Å². The Hall–Kier alpha value is -2.31. The fraction of sp³-hybridized carbons (Fsp3) is 0.0909. The van der Waals surface area contributed by atoms with E-state index in [1.165, 1.54) is 12.1 Å². The van der Waals surface area contributed by atoms with E-state index in [-0.39, 0.29) is 11.3 Å². The smallest absolute Gasteiger partial charge is 0.374 e. The van der Waals surface area contributed by atoms with Crippen molar-refractivity contribution in [2.75, 3.05) is 0 Å². The van der Waals surface area contributed by atoms with Crippen molar-refractivity contribution in [3.05, 3.63) is 41.7 Å². The molecule has 4 nitrogen and oxygen atoms in total. The Morgan fingerprint density at radius 2 is 1.89 bits per heavy atom. The minimum absolute atomic E-state index is 0.185. The van der Waals surface area contributed by atoms with Gasteiger partial charge in [-0.25, -0.2) is 14.2 Å². The Morgan fingerprint density at radius 3 is 2.39 bits per heavy atom. The lowest BCUT2D eigenvalue weighted by atomic mass is 10.1. The number of carboxylic acids is 1. The number of alkyl halides is 2. The zero-order valence-corrected chi connectivity index (χ0v) is 8.73. The van der Waals surface area contributed by atoms with Gasteiger partial charge in [-0.1, -0.05) is 0 Å². The van der Waals surface area contributed by atoms with Crippen molar-refractivity contribution in [1.29, 1.82) is 0 Å². The number of hydrogen-bond donors (Lipinski definition) is 1. The maximum atomic E-state index is 12.7. The fourth-order valence-corrected chi connectivity index (χ4v) is 1.38. The number of hydrogen-bond acceptors (Lipinski definition) is 3. The molecule has 1 aromatic heterocycles. The first-order valence-electron chi connectivity index (χ1n) is 4.77. The molecule has 1 N–H and O–H groups in total. The summed E-state index contributed by atoms with van der Waals surface area (Å²) in [7, 11) is 0. The Kier molecular flexibility index (Phi) is 3.05. The van der Waals surface area contributed by atoms with Crippen molar-refractivity contribution >= 4 is 5.97 Å². The summed E-state index contributed by atoms with van der Waals surface area (Å²) in [4.78, 5) is 14.3. The summed E-state index contributed by atoms with van der Waals surface area (Å²) in [6.45, 7) is 0. The average molecular weight is 257 g/mol. The number of aromatic carboxylic acids is 1. The number of carbonyl (C=O) groups is 1. The Labute approximate surface area is 98.7 Å². The van der Waals surface area contributed by atoms with Crippen LogP contribution in [-0.4, -0.2) is 16.1 Å². The Morgan fingerprint density at radius 1 is 1.28 bits per heavy atom. The molecule has 1 aromatic carbocycles. The highest BCUT2D eigenvalue weighted by Crippen LogP contribution is 2.28. The number of oxazole rings is 1. The molecule has 2 rings (SSSR count). The molecule has 0 aliphatic carbocycles. The van der Waals surface area contributed by atoms with Crippen LogP contribution in [0.3, 0.4) is 0 Å². The molecule has 94 valence electrons. The van der Waals surface area contributed by atoms with Crippen LogP contribution >= 0.6 is 0 Å². The standard InChI is InChI=1S/C11H6F3NO3/c12-6-3-1-5(2-4-6)7-8(11(16)17)18-10(15-7)9(13)14/h1-4,9H,(H,16,17). The zero-order chi connectivity index (χ0) is 13.3. The second kappa shape index (κ2) is 4.52. The second-order valence-electron chi connectivity index (χ2n) is 3.34. The molecular formula is C11H6F3NO3. The summed E-state index contributed by atoms with van der Waals surface area (Å²) in [5, 5.41) is 8.82. The molecule has 0 aliphatic rings. The number of nitrogens with zero attached hydrogens (tertiary/aromatic N) is 1.